The average molecular weight is 221 g/mol. The average Bonchev–Trinajstić information content (AvgIpc) is 2.28. The Morgan fingerprint density at radius 2 is 2.25 bits per heavy atom. The number of methoxy groups -OCH3 is 1. The Morgan fingerprint density at radius 1 is 1.56 bits per heavy atom. The van der Waals surface area contributed by atoms with Crippen LogP contribution in [0.3, 0.4) is 0 Å². The summed E-state index contributed by atoms with van der Waals surface area (Å²) in [5.74, 6) is 0.398. The normalized spacial score (nSPS) is 10.9. The highest BCUT2D eigenvalue weighted by Crippen LogP contribution is 2.18. The summed E-state index contributed by atoms with van der Waals surface area (Å²) in [6.45, 7) is 4.08. The number of aryl methyl sites for hydroxylation is 1. The molecule has 0 radical (unpaired) electrons. The van der Waals surface area contributed by atoms with Gasteiger partial charge in [-0.05, 0) is 20.3 Å². The molecule has 5 nitrogen and oxygen atoms in total. The summed E-state index contributed by atoms with van der Waals surface area (Å²) >= 11 is 0. The summed E-state index contributed by atoms with van der Waals surface area (Å²) in [6.07, 6.45) is 0.573. The second-order valence-electron chi connectivity index (χ2n) is 4.18. The van der Waals surface area contributed by atoms with Gasteiger partial charge < -0.3 is 4.74 Å². The third kappa shape index (κ3) is 3.09. The number of hydrogen-bond donors (Lipinski definition) is 0. The van der Waals surface area contributed by atoms with E-state index in [9.17, 15) is 4.79 Å². The predicted octanol–water partition coefficient (Wildman–Crippen LogP) is 1.19. The molecule has 0 fully saturated rings. The fraction of sp³-hybridized carbons (Fsp3) is 0.545. The van der Waals surface area contributed by atoms with Gasteiger partial charge in [0.1, 0.15) is 0 Å². The first-order valence-electron chi connectivity index (χ1n) is 5.02. The Labute approximate surface area is 94.3 Å². The minimum Gasteiger partial charge on any atom is -0.480 e. The first kappa shape index (κ1) is 12.2. The molecule has 0 unspecified atom stereocenters. The molecule has 0 aliphatic heterocycles. The highest BCUT2D eigenvalue weighted by molar-refractivity contribution is 5.06. The molecule has 0 N–H and O–H groups in total. The summed E-state index contributed by atoms with van der Waals surface area (Å²) in [4.78, 5) is 11.5. The molecule has 0 bridgehead atoms. The van der Waals surface area contributed by atoms with Gasteiger partial charge in [0.25, 0.3) is 5.56 Å². The number of aromatic nitrogens is 2. The van der Waals surface area contributed by atoms with Gasteiger partial charge in [0.2, 0.25) is 5.88 Å². The van der Waals surface area contributed by atoms with Gasteiger partial charge in [-0.15, -0.1) is 5.10 Å². The van der Waals surface area contributed by atoms with Gasteiger partial charge >= 0.3 is 0 Å². The quantitative estimate of drug-likeness (QED) is 0.766. The van der Waals surface area contributed by atoms with E-state index in [-0.39, 0.29) is 5.56 Å². The number of hydrogen-bond acceptors (Lipinski definition) is 4. The third-order valence-electron chi connectivity index (χ3n) is 2.30. The highest BCUT2D eigenvalue weighted by atomic mass is 16.5. The SMILES string of the molecule is COc1ccc(=O)n(CCC(C)(C)C#N)n1. The molecule has 1 aromatic heterocycles. The Bertz CT molecular complexity index is 457. The number of ether oxygens (including phenoxy) is 1. The molecule has 0 aliphatic rings. The van der Waals surface area contributed by atoms with E-state index in [0.717, 1.165) is 0 Å². The molecule has 0 aliphatic carbocycles. The van der Waals surface area contributed by atoms with Crippen molar-refractivity contribution in [3.05, 3.63) is 22.5 Å². The Kier molecular flexibility index (Phi) is 3.67. The Morgan fingerprint density at radius 3 is 2.81 bits per heavy atom. The molecule has 1 heterocycles. The van der Waals surface area contributed by atoms with Crippen molar-refractivity contribution < 1.29 is 4.74 Å². The fourth-order valence-electron chi connectivity index (χ4n) is 1.14. The van der Waals surface area contributed by atoms with Gasteiger partial charge in [-0.25, -0.2) is 4.68 Å². The van der Waals surface area contributed by atoms with Crippen LogP contribution in [0.4, 0.5) is 0 Å². The summed E-state index contributed by atoms with van der Waals surface area (Å²) < 4.78 is 6.25. The van der Waals surface area contributed by atoms with E-state index in [1.807, 2.05) is 13.8 Å². The molecular weight excluding hydrogens is 206 g/mol. The van der Waals surface area contributed by atoms with Crippen molar-refractivity contribution in [2.24, 2.45) is 5.41 Å². The van der Waals surface area contributed by atoms with E-state index in [1.165, 1.54) is 23.9 Å². The first-order chi connectivity index (χ1) is 7.48. The largest absolute Gasteiger partial charge is 0.480 e. The van der Waals surface area contributed by atoms with E-state index in [2.05, 4.69) is 11.2 Å². The molecule has 86 valence electrons. The summed E-state index contributed by atoms with van der Waals surface area (Å²) in [5, 5.41) is 12.9. The zero-order valence-corrected chi connectivity index (χ0v) is 9.73. The van der Waals surface area contributed by atoms with Crippen LogP contribution < -0.4 is 10.3 Å². The van der Waals surface area contributed by atoms with Crippen LogP contribution in [0.2, 0.25) is 0 Å². The van der Waals surface area contributed by atoms with Crippen LogP contribution in [-0.4, -0.2) is 16.9 Å². The molecule has 16 heavy (non-hydrogen) atoms. The lowest BCUT2D eigenvalue weighted by Gasteiger charge is -2.15. The minimum atomic E-state index is -0.454. The lowest BCUT2D eigenvalue weighted by molar-refractivity contribution is 0.353. The lowest BCUT2D eigenvalue weighted by atomic mass is 9.92. The summed E-state index contributed by atoms with van der Waals surface area (Å²) in [6, 6.07) is 5.12. The van der Waals surface area contributed by atoms with Crippen LogP contribution in [0.15, 0.2) is 16.9 Å². The summed E-state index contributed by atoms with van der Waals surface area (Å²) in [7, 11) is 1.50. The standard InChI is InChI=1S/C11H15N3O2/c1-11(2,8-12)6-7-14-10(15)5-4-9(13-14)16-3/h4-5H,6-7H2,1-3H3. The number of nitrogens with zero attached hydrogens (tertiary/aromatic N) is 3. The molecule has 0 spiro atoms. The van der Waals surface area contributed by atoms with Crippen LogP contribution in [0.5, 0.6) is 5.88 Å². The maximum absolute atomic E-state index is 11.5. The van der Waals surface area contributed by atoms with Crippen molar-refractivity contribution in [1.82, 2.24) is 9.78 Å². The van der Waals surface area contributed by atoms with E-state index in [4.69, 9.17) is 10.00 Å². The van der Waals surface area contributed by atoms with Crippen LogP contribution in [0, 0.1) is 16.7 Å². The molecule has 1 rings (SSSR count). The van der Waals surface area contributed by atoms with E-state index in [1.54, 1.807) is 0 Å². The second-order valence-corrected chi connectivity index (χ2v) is 4.18. The van der Waals surface area contributed by atoms with Crippen molar-refractivity contribution in [3.8, 4) is 11.9 Å². The van der Waals surface area contributed by atoms with Crippen LogP contribution in [0.25, 0.3) is 0 Å². The van der Waals surface area contributed by atoms with Gasteiger partial charge in [0.15, 0.2) is 0 Å². The van der Waals surface area contributed by atoms with Crippen molar-refractivity contribution in [2.45, 2.75) is 26.8 Å². The molecule has 0 aromatic carbocycles. The van der Waals surface area contributed by atoms with E-state index >= 15 is 0 Å². The minimum absolute atomic E-state index is 0.186. The molecular formula is C11H15N3O2. The molecule has 5 heteroatoms. The van der Waals surface area contributed by atoms with Crippen LogP contribution in [0.1, 0.15) is 20.3 Å². The van der Waals surface area contributed by atoms with Gasteiger partial charge in [0, 0.05) is 18.7 Å². The van der Waals surface area contributed by atoms with E-state index < -0.39 is 5.41 Å². The number of nitriles is 1. The first-order valence-corrected chi connectivity index (χ1v) is 5.02. The molecule has 1 aromatic rings. The maximum Gasteiger partial charge on any atom is 0.266 e. The second kappa shape index (κ2) is 4.79. The van der Waals surface area contributed by atoms with Crippen molar-refractivity contribution >= 4 is 0 Å². The molecule has 0 atom stereocenters. The molecule has 0 amide bonds. The smallest absolute Gasteiger partial charge is 0.266 e. The Balaban J connectivity index is 2.82. The van der Waals surface area contributed by atoms with Gasteiger partial charge in [-0.2, -0.15) is 5.26 Å². The third-order valence-corrected chi connectivity index (χ3v) is 2.30. The monoisotopic (exact) mass is 221 g/mol. The van der Waals surface area contributed by atoms with Crippen LogP contribution in [-0.2, 0) is 6.54 Å². The Hall–Kier alpha value is -1.83. The van der Waals surface area contributed by atoms with Crippen molar-refractivity contribution in [3.63, 3.8) is 0 Å². The van der Waals surface area contributed by atoms with Gasteiger partial charge in [-0.1, -0.05) is 0 Å². The lowest BCUT2D eigenvalue weighted by Crippen LogP contribution is -2.24. The topological polar surface area (TPSA) is 67.9 Å². The zero-order valence-electron chi connectivity index (χ0n) is 9.73. The van der Waals surface area contributed by atoms with E-state index in [0.29, 0.717) is 18.8 Å². The van der Waals surface area contributed by atoms with Crippen LogP contribution >= 0.6 is 0 Å². The summed E-state index contributed by atoms with van der Waals surface area (Å²) in [5.41, 5.74) is -0.640. The molecule has 0 saturated heterocycles. The maximum atomic E-state index is 11.5. The zero-order chi connectivity index (χ0) is 12.2. The van der Waals surface area contributed by atoms with Crippen molar-refractivity contribution in [2.75, 3.05) is 7.11 Å². The predicted molar refractivity (Wildman–Crippen MR) is 59.1 cm³/mol. The van der Waals surface area contributed by atoms with Gasteiger partial charge in [-0.3, -0.25) is 4.79 Å². The fourth-order valence-corrected chi connectivity index (χ4v) is 1.14. The highest BCUT2D eigenvalue weighted by Gasteiger charge is 2.16. The van der Waals surface area contributed by atoms with Gasteiger partial charge in [0.05, 0.1) is 18.6 Å². The van der Waals surface area contributed by atoms with Crippen molar-refractivity contribution in [1.29, 1.82) is 5.26 Å². The molecule has 0 saturated carbocycles. The number of rotatable bonds is 4.